The monoisotopic (exact) mass is 539 g/mol. The molecule has 41 heavy (non-hydrogen) atoms. The Bertz CT molecular complexity index is 1980. The van der Waals surface area contributed by atoms with Crippen LogP contribution in [-0.2, 0) is 0 Å². The first kappa shape index (κ1) is 25.6. The third-order valence-corrected chi connectivity index (χ3v) is 6.89. The number of anilines is 2. The van der Waals surface area contributed by atoms with Gasteiger partial charge >= 0.3 is 0 Å². The molecule has 0 aliphatic carbocycles. The lowest BCUT2D eigenvalue weighted by molar-refractivity contribution is 0.616. The predicted molar refractivity (Wildman–Crippen MR) is 158 cm³/mol. The number of fused-ring (bicyclic) bond motifs is 2. The molecule has 0 saturated carbocycles. The molecule has 0 saturated heterocycles. The van der Waals surface area contributed by atoms with Crippen LogP contribution in [0.3, 0.4) is 0 Å². The molecule has 6 aromatic rings. The van der Waals surface area contributed by atoms with Gasteiger partial charge in [-0.15, -0.1) is 0 Å². The van der Waals surface area contributed by atoms with Gasteiger partial charge in [0.25, 0.3) is 5.56 Å². The third kappa shape index (κ3) is 4.81. The highest BCUT2D eigenvalue weighted by molar-refractivity contribution is 5.94. The minimum atomic E-state index is -0.385. The number of benzene rings is 3. The van der Waals surface area contributed by atoms with Crippen LogP contribution >= 0.6 is 0 Å². The maximum Gasteiger partial charge on any atom is 0.266 e. The van der Waals surface area contributed by atoms with Gasteiger partial charge in [0.2, 0.25) is 5.95 Å². The molecule has 0 radical (unpaired) electrons. The molecule has 3 N–H and O–H groups in total. The van der Waals surface area contributed by atoms with Gasteiger partial charge in [0, 0.05) is 23.3 Å². The second kappa shape index (κ2) is 10.8. The molecule has 0 amide bonds. The normalized spacial score (nSPS) is 11.8. The van der Waals surface area contributed by atoms with E-state index in [1.165, 1.54) is 6.33 Å². The van der Waals surface area contributed by atoms with E-state index in [1.807, 2.05) is 48.5 Å². The van der Waals surface area contributed by atoms with Gasteiger partial charge < -0.3 is 11.1 Å². The molecule has 6 rings (SSSR count). The lowest BCUT2D eigenvalue weighted by atomic mass is 10.0. The predicted octanol–water partition coefficient (Wildman–Crippen LogP) is 5.19. The molecule has 0 aliphatic rings. The van der Waals surface area contributed by atoms with Crippen molar-refractivity contribution in [3.63, 3.8) is 0 Å². The highest BCUT2D eigenvalue weighted by atomic mass is 16.1. The molecular formula is C31H25N9O. The Balaban J connectivity index is 1.59. The lowest BCUT2D eigenvalue weighted by Crippen LogP contribution is -2.29. The Morgan fingerprint density at radius 2 is 1.78 bits per heavy atom. The summed E-state index contributed by atoms with van der Waals surface area (Å²) in [6.07, 6.45) is 6.18. The zero-order chi connectivity index (χ0) is 28.3. The molecule has 0 aliphatic heterocycles. The van der Waals surface area contributed by atoms with Crippen molar-refractivity contribution >= 4 is 33.6 Å². The van der Waals surface area contributed by atoms with Crippen molar-refractivity contribution < 1.29 is 0 Å². The standard InChI is InChI=1S/C31H25N9O/c1-2-7-26(38-28-23-14-19(15-32)12-13-24(23)36-18-37-28)29-39-25-11-6-10-22(20-16-34-31(33)35-17-20)27(25)30(41)40(29)21-8-4-3-5-9-21/h3-6,8-14,16-18,26H,2,7H2,1H3,(H2,33,34,35)(H,36,37,38). The van der Waals surface area contributed by atoms with Gasteiger partial charge in [0.05, 0.1) is 39.8 Å². The van der Waals surface area contributed by atoms with Gasteiger partial charge in [-0.3, -0.25) is 9.36 Å². The van der Waals surface area contributed by atoms with Crippen molar-refractivity contribution in [2.24, 2.45) is 0 Å². The number of aromatic nitrogens is 6. The van der Waals surface area contributed by atoms with Crippen molar-refractivity contribution in [2.75, 3.05) is 11.1 Å². The molecule has 1 unspecified atom stereocenters. The number of nitrogens with zero attached hydrogens (tertiary/aromatic N) is 7. The maximum absolute atomic E-state index is 14.4. The van der Waals surface area contributed by atoms with Gasteiger partial charge in [-0.05, 0) is 48.4 Å². The Morgan fingerprint density at radius 3 is 2.54 bits per heavy atom. The van der Waals surface area contributed by atoms with E-state index in [0.29, 0.717) is 62.2 Å². The van der Waals surface area contributed by atoms with Crippen molar-refractivity contribution in [3.8, 4) is 22.9 Å². The second-order valence-corrected chi connectivity index (χ2v) is 9.53. The minimum absolute atomic E-state index is 0.156. The molecule has 1 atom stereocenters. The molecule has 3 aromatic carbocycles. The van der Waals surface area contributed by atoms with Crippen LogP contribution < -0.4 is 16.6 Å². The van der Waals surface area contributed by atoms with Crippen molar-refractivity contribution in [1.82, 2.24) is 29.5 Å². The van der Waals surface area contributed by atoms with Gasteiger partial charge in [0.1, 0.15) is 18.0 Å². The summed E-state index contributed by atoms with van der Waals surface area (Å²) in [6, 6.07) is 22.1. The number of nitrogens with two attached hydrogens (primary N) is 1. The highest BCUT2D eigenvalue weighted by Crippen LogP contribution is 2.31. The molecule has 0 spiro atoms. The summed E-state index contributed by atoms with van der Waals surface area (Å²) in [6.45, 7) is 2.08. The zero-order valence-electron chi connectivity index (χ0n) is 22.2. The van der Waals surface area contributed by atoms with Crippen LogP contribution in [0.15, 0.2) is 90.2 Å². The average molecular weight is 540 g/mol. The fraction of sp³-hybridized carbons (Fsp3) is 0.129. The quantitative estimate of drug-likeness (QED) is 0.279. The van der Waals surface area contributed by atoms with Crippen molar-refractivity contribution in [2.45, 2.75) is 25.8 Å². The molecule has 10 heteroatoms. The van der Waals surface area contributed by atoms with Crippen LogP contribution in [0.1, 0.15) is 37.2 Å². The lowest BCUT2D eigenvalue weighted by Gasteiger charge is -2.24. The van der Waals surface area contributed by atoms with E-state index in [9.17, 15) is 10.1 Å². The first-order valence-electron chi connectivity index (χ1n) is 13.2. The van der Waals surface area contributed by atoms with E-state index in [4.69, 9.17) is 10.7 Å². The third-order valence-electron chi connectivity index (χ3n) is 6.89. The van der Waals surface area contributed by atoms with Crippen LogP contribution in [-0.4, -0.2) is 29.5 Å². The number of nitrogens with one attached hydrogen (secondary N) is 1. The largest absolute Gasteiger partial charge is 0.368 e. The van der Waals surface area contributed by atoms with Crippen LogP contribution in [0.25, 0.3) is 38.6 Å². The highest BCUT2D eigenvalue weighted by Gasteiger charge is 2.23. The molecule has 3 aromatic heterocycles. The first-order valence-corrected chi connectivity index (χ1v) is 13.2. The van der Waals surface area contributed by atoms with Gasteiger partial charge in [-0.1, -0.05) is 43.7 Å². The van der Waals surface area contributed by atoms with Crippen LogP contribution in [0.5, 0.6) is 0 Å². The number of para-hydroxylation sites is 1. The number of nitrogen functional groups attached to an aromatic ring is 1. The maximum atomic E-state index is 14.4. The summed E-state index contributed by atoms with van der Waals surface area (Å²) < 4.78 is 1.65. The number of nitriles is 1. The SMILES string of the molecule is CCCC(Nc1ncnc2ccc(C#N)cc12)c1nc2cccc(-c3cnc(N)nc3)c2c(=O)n1-c1ccccc1. The van der Waals surface area contributed by atoms with E-state index in [2.05, 4.69) is 38.2 Å². The van der Waals surface area contributed by atoms with Crippen LogP contribution in [0.2, 0.25) is 0 Å². The number of rotatable bonds is 7. The van der Waals surface area contributed by atoms with E-state index in [1.54, 1.807) is 35.2 Å². The van der Waals surface area contributed by atoms with E-state index in [-0.39, 0.29) is 17.5 Å². The Kier molecular flexibility index (Phi) is 6.75. The second-order valence-electron chi connectivity index (χ2n) is 9.53. The van der Waals surface area contributed by atoms with Crippen molar-refractivity contribution in [1.29, 1.82) is 5.26 Å². The molecule has 10 nitrogen and oxygen atoms in total. The summed E-state index contributed by atoms with van der Waals surface area (Å²) in [5.74, 6) is 1.26. The Hall–Kier alpha value is -5.69. The van der Waals surface area contributed by atoms with E-state index >= 15 is 0 Å². The van der Waals surface area contributed by atoms with E-state index in [0.717, 1.165) is 6.42 Å². The van der Waals surface area contributed by atoms with Crippen molar-refractivity contribution in [3.05, 3.63) is 107 Å². The number of hydrogen-bond acceptors (Lipinski definition) is 9. The van der Waals surface area contributed by atoms with Gasteiger partial charge in [0.15, 0.2) is 0 Å². The molecule has 0 bridgehead atoms. The summed E-state index contributed by atoms with van der Waals surface area (Å²) in [5.41, 5.74) is 9.28. The van der Waals surface area contributed by atoms with Crippen LogP contribution in [0, 0.1) is 11.3 Å². The van der Waals surface area contributed by atoms with Crippen LogP contribution in [0.4, 0.5) is 11.8 Å². The Morgan fingerprint density at radius 1 is 0.976 bits per heavy atom. The zero-order valence-corrected chi connectivity index (χ0v) is 22.2. The summed E-state index contributed by atoms with van der Waals surface area (Å²) in [4.78, 5) is 36.6. The topological polar surface area (TPSA) is 148 Å². The Labute approximate surface area is 235 Å². The molecular weight excluding hydrogens is 514 g/mol. The summed E-state index contributed by atoms with van der Waals surface area (Å²) >= 11 is 0. The molecule has 3 heterocycles. The van der Waals surface area contributed by atoms with Gasteiger partial charge in [-0.25, -0.2) is 24.9 Å². The molecule has 0 fully saturated rings. The smallest absolute Gasteiger partial charge is 0.266 e. The molecule has 200 valence electrons. The summed E-state index contributed by atoms with van der Waals surface area (Å²) in [5, 5.41) is 14.2. The fourth-order valence-electron chi connectivity index (χ4n) is 4.99. The minimum Gasteiger partial charge on any atom is -0.368 e. The summed E-state index contributed by atoms with van der Waals surface area (Å²) in [7, 11) is 0. The van der Waals surface area contributed by atoms with Gasteiger partial charge in [-0.2, -0.15) is 5.26 Å². The average Bonchev–Trinajstić information content (AvgIpc) is 3.01. The fourth-order valence-corrected chi connectivity index (χ4v) is 4.99. The van der Waals surface area contributed by atoms with E-state index < -0.39 is 0 Å². The number of hydrogen-bond donors (Lipinski definition) is 2. The first-order chi connectivity index (χ1) is 20.1.